The highest BCUT2D eigenvalue weighted by Gasteiger charge is 2.44. The molecule has 0 spiro atoms. The van der Waals surface area contributed by atoms with Gasteiger partial charge in [0.25, 0.3) is 0 Å². The second-order valence-electron chi connectivity index (χ2n) is 9.80. The normalized spacial score (nSPS) is 31.0. The van der Waals surface area contributed by atoms with Crippen LogP contribution in [-0.2, 0) is 0 Å². The maximum absolute atomic E-state index is 2.60. The van der Waals surface area contributed by atoms with E-state index in [1.54, 1.807) is 0 Å². The van der Waals surface area contributed by atoms with Crippen molar-refractivity contribution in [2.24, 2.45) is 40.9 Å². The molecule has 6 unspecified atom stereocenters. The van der Waals surface area contributed by atoms with Crippen LogP contribution in [0.1, 0.15) is 113 Å². The molecule has 0 bridgehead atoms. The fourth-order valence-corrected chi connectivity index (χ4v) is 5.76. The lowest BCUT2D eigenvalue weighted by molar-refractivity contribution is -0.0158. The van der Waals surface area contributed by atoms with E-state index in [0.29, 0.717) is 5.41 Å². The van der Waals surface area contributed by atoms with E-state index in [2.05, 4.69) is 55.4 Å². The van der Waals surface area contributed by atoms with Crippen molar-refractivity contribution in [1.29, 1.82) is 0 Å². The molecule has 1 rings (SSSR count). The van der Waals surface area contributed by atoms with E-state index in [-0.39, 0.29) is 0 Å². The summed E-state index contributed by atoms with van der Waals surface area (Å²) >= 11 is 0. The van der Waals surface area contributed by atoms with Gasteiger partial charge < -0.3 is 0 Å². The van der Waals surface area contributed by atoms with Gasteiger partial charge in [-0.1, -0.05) is 93.9 Å². The van der Waals surface area contributed by atoms with Gasteiger partial charge in [0.15, 0.2) is 0 Å². The molecule has 0 saturated heterocycles. The fraction of sp³-hybridized carbons (Fsp3) is 1.00. The average molecular weight is 337 g/mol. The summed E-state index contributed by atoms with van der Waals surface area (Å²) in [6.07, 6.45) is 12.8. The second-order valence-corrected chi connectivity index (χ2v) is 9.80. The first-order valence-electron chi connectivity index (χ1n) is 11.3. The number of hydrogen-bond donors (Lipinski definition) is 0. The van der Waals surface area contributed by atoms with Gasteiger partial charge in [-0.25, -0.2) is 0 Å². The van der Waals surface area contributed by atoms with Crippen molar-refractivity contribution in [3.8, 4) is 0 Å². The van der Waals surface area contributed by atoms with E-state index in [1.165, 1.54) is 57.8 Å². The highest BCUT2D eigenvalue weighted by atomic mass is 14.5. The Morgan fingerprint density at radius 2 is 1.58 bits per heavy atom. The highest BCUT2D eigenvalue weighted by Crippen LogP contribution is 2.53. The monoisotopic (exact) mass is 336 g/mol. The summed E-state index contributed by atoms with van der Waals surface area (Å²) in [4.78, 5) is 0. The van der Waals surface area contributed by atoms with Gasteiger partial charge in [-0.2, -0.15) is 0 Å². The van der Waals surface area contributed by atoms with Gasteiger partial charge in [-0.05, 0) is 60.2 Å². The molecule has 0 radical (unpaired) electrons. The van der Waals surface area contributed by atoms with E-state index < -0.39 is 0 Å². The van der Waals surface area contributed by atoms with Gasteiger partial charge in [-0.15, -0.1) is 0 Å². The zero-order valence-electron chi connectivity index (χ0n) is 18.3. The summed E-state index contributed by atoms with van der Waals surface area (Å²) in [5, 5.41) is 0. The van der Waals surface area contributed by atoms with E-state index in [0.717, 1.165) is 35.5 Å². The van der Waals surface area contributed by atoms with Gasteiger partial charge in [0.05, 0.1) is 0 Å². The molecule has 0 aromatic carbocycles. The van der Waals surface area contributed by atoms with E-state index in [9.17, 15) is 0 Å². The molecule has 144 valence electrons. The molecule has 1 fully saturated rings. The second kappa shape index (κ2) is 10.2. The third-order valence-corrected chi connectivity index (χ3v) is 7.88. The quantitative estimate of drug-likeness (QED) is 0.376. The number of hydrogen-bond acceptors (Lipinski definition) is 0. The minimum atomic E-state index is 0.525. The summed E-state index contributed by atoms with van der Waals surface area (Å²) in [7, 11) is 0. The lowest BCUT2D eigenvalue weighted by Gasteiger charge is -2.51. The van der Waals surface area contributed by atoms with Crippen LogP contribution in [0.3, 0.4) is 0 Å². The highest BCUT2D eigenvalue weighted by molar-refractivity contribution is 4.94. The average Bonchev–Trinajstić information content (AvgIpc) is 2.58. The third kappa shape index (κ3) is 5.50. The van der Waals surface area contributed by atoms with Crippen LogP contribution in [0.2, 0.25) is 0 Å². The number of rotatable bonds is 10. The molecule has 0 nitrogen and oxygen atoms in total. The minimum Gasteiger partial charge on any atom is -0.0654 e. The van der Waals surface area contributed by atoms with Crippen molar-refractivity contribution >= 4 is 0 Å². The van der Waals surface area contributed by atoms with Crippen LogP contribution in [-0.4, -0.2) is 0 Å². The molecule has 0 aromatic rings. The molecule has 6 atom stereocenters. The van der Waals surface area contributed by atoms with Crippen LogP contribution in [0.15, 0.2) is 0 Å². The van der Waals surface area contributed by atoms with Crippen molar-refractivity contribution < 1.29 is 0 Å². The molecule has 1 aliphatic carbocycles. The van der Waals surface area contributed by atoms with Gasteiger partial charge in [-0.3, -0.25) is 0 Å². The van der Waals surface area contributed by atoms with Gasteiger partial charge in [0, 0.05) is 0 Å². The molecular weight excluding hydrogens is 288 g/mol. The van der Waals surface area contributed by atoms with Crippen LogP contribution < -0.4 is 0 Å². The van der Waals surface area contributed by atoms with E-state index >= 15 is 0 Å². The van der Waals surface area contributed by atoms with Gasteiger partial charge >= 0.3 is 0 Å². The standard InChI is InChI=1S/C24H48/c1-9-13-22-20(12-4)21(19(6)11-3)14-15-23(22)24(7,8)17-16-18(5)10-2/h18-23H,9-17H2,1-8H3. The van der Waals surface area contributed by atoms with Crippen LogP contribution >= 0.6 is 0 Å². The molecule has 0 aliphatic heterocycles. The molecule has 1 saturated carbocycles. The lowest BCUT2D eigenvalue weighted by Crippen LogP contribution is -2.43. The third-order valence-electron chi connectivity index (χ3n) is 7.88. The van der Waals surface area contributed by atoms with Crippen molar-refractivity contribution in [1.82, 2.24) is 0 Å². The first kappa shape index (κ1) is 22.0. The van der Waals surface area contributed by atoms with E-state index in [4.69, 9.17) is 0 Å². The summed E-state index contributed by atoms with van der Waals surface area (Å²) in [5.41, 5.74) is 0.525. The summed E-state index contributed by atoms with van der Waals surface area (Å²) in [5.74, 6) is 5.69. The zero-order chi connectivity index (χ0) is 18.3. The zero-order valence-corrected chi connectivity index (χ0v) is 18.3. The summed E-state index contributed by atoms with van der Waals surface area (Å²) in [6, 6.07) is 0. The predicted octanol–water partition coefficient (Wildman–Crippen LogP) is 8.35. The van der Waals surface area contributed by atoms with Crippen LogP contribution in [0, 0.1) is 40.9 Å². The maximum Gasteiger partial charge on any atom is -0.0323 e. The SMILES string of the molecule is CCCC1C(CC)C(C(C)CC)CCC1C(C)(C)CCC(C)CC. The van der Waals surface area contributed by atoms with Crippen molar-refractivity contribution in [3.63, 3.8) is 0 Å². The van der Waals surface area contributed by atoms with Crippen LogP contribution in [0.4, 0.5) is 0 Å². The smallest absolute Gasteiger partial charge is 0.0323 e. The van der Waals surface area contributed by atoms with Crippen molar-refractivity contribution in [2.45, 2.75) is 113 Å². The maximum atomic E-state index is 2.60. The largest absolute Gasteiger partial charge is 0.0654 e. The van der Waals surface area contributed by atoms with E-state index in [1.807, 2.05) is 0 Å². The fourth-order valence-electron chi connectivity index (χ4n) is 5.76. The minimum absolute atomic E-state index is 0.525. The van der Waals surface area contributed by atoms with Crippen molar-refractivity contribution in [2.75, 3.05) is 0 Å². The first-order valence-corrected chi connectivity index (χ1v) is 11.3. The van der Waals surface area contributed by atoms with Gasteiger partial charge in [0.1, 0.15) is 0 Å². The molecule has 1 aliphatic rings. The Hall–Kier alpha value is 0. The molecule has 0 heteroatoms. The van der Waals surface area contributed by atoms with Crippen molar-refractivity contribution in [3.05, 3.63) is 0 Å². The van der Waals surface area contributed by atoms with Gasteiger partial charge in [0.2, 0.25) is 0 Å². The van der Waals surface area contributed by atoms with Crippen LogP contribution in [0.25, 0.3) is 0 Å². The Bertz CT molecular complexity index is 329. The Morgan fingerprint density at radius 1 is 0.917 bits per heavy atom. The predicted molar refractivity (Wildman–Crippen MR) is 110 cm³/mol. The molecule has 0 heterocycles. The molecular formula is C24H48. The first-order chi connectivity index (χ1) is 11.3. The Labute approximate surface area is 154 Å². The summed E-state index contributed by atoms with van der Waals surface area (Å²) < 4.78 is 0. The lowest BCUT2D eigenvalue weighted by atomic mass is 9.54. The molecule has 0 amide bonds. The topological polar surface area (TPSA) is 0 Å². The Kier molecular flexibility index (Phi) is 9.39. The summed E-state index contributed by atoms with van der Waals surface area (Å²) in [6.45, 7) is 19.8. The molecule has 24 heavy (non-hydrogen) atoms. The van der Waals surface area contributed by atoms with Crippen LogP contribution in [0.5, 0.6) is 0 Å². The molecule has 0 aromatic heterocycles. The Morgan fingerprint density at radius 3 is 2.08 bits per heavy atom. The molecule has 0 N–H and O–H groups in total. The Balaban J connectivity index is 2.92.